The Morgan fingerprint density at radius 3 is 2.69 bits per heavy atom. The lowest BCUT2D eigenvalue weighted by atomic mass is 9.99. The molecule has 1 N–H and O–H groups in total. The van der Waals surface area contributed by atoms with Crippen molar-refractivity contribution in [1.29, 1.82) is 0 Å². The number of carbonyl (C=O) groups excluding carboxylic acids is 1. The number of hydrogen-bond acceptors (Lipinski definition) is 4. The first-order valence-corrected chi connectivity index (χ1v) is 9.50. The zero-order chi connectivity index (χ0) is 18.4. The van der Waals surface area contributed by atoms with Gasteiger partial charge < -0.3 is 14.9 Å². The molecule has 5 heteroatoms. The minimum atomic E-state index is -0.153. The number of aromatic nitrogens is 1. The van der Waals surface area contributed by atoms with Crippen molar-refractivity contribution in [2.24, 2.45) is 0 Å². The highest BCUT2D eigenvalue weighted by molar-refractivity contribution is 6.07. The van der Waals surface area contributed by atoms with Crippen molar-refractivity contribution in [1.82, 2.24) is 14.8 Å². The number of amides is 1. The normalized spacial score (nSPS) is 21.4. The van der Waals surface area contributed by atoms with E-state index in [9.17, 15) is 9.90 Å². The molecule has 1 amide bonds. The van der Waals surface area contributed by atoms with E-state index >= 15 is 0 Å². The summed E-state index contributed by atoms with van der Waals surface area (Å²) in [5, 5.41) is 10.7. The monoisotopic (exact) mass is 353 g/mol. The van der Waals surface area contributed by atoms with Crippen LogP contribution in [0.1, 0.15) is 45.9 Å². The number of aliphatic hydroxyl groups is 1. The lowest BCUT2D eigenvalue weighted by Crippen LogP contribution is -2.55. The fraction of sp³-hybridized carbons (Fsp3) is 0.524. The smallest absolute Gasteiger partial charge is 0.255 e. The van der Waals surface area contributed by atoms with Gasteiger partial charge in [-0.1, -0.05) is 11.6 Å². The van der Waals surface area contributed by atoms with E-state index in [0.717, 1.165) is 52.7 Å². The minimum Gasteiger partial charge on any atom is -0.394 e. The molecule has 1 saturated heterocycles. The molecular formula is C21H27N3O2. The van der Waals surface area contributed by atoms with Crippen LogP contribution in [0.4, 0.5) is 0 Å². The Hall–Kier alpha value is -1.98. The van der Waals surface area contributed by atoms with Gasteiger partial charge in [-0.05, 0) is 51.4 Å². The quantitative estimate of drug-likeness (QED) is 0.921. The Labute approximate surface area is 154 Å². The zero-order valence-electron chi connectivity index (χ0n) is 15.8. The van der Waals surface area contributed by atoms with Gasteiger partial charge in [-0.2, -0.15) is 0 Å². The van der Waals surface area contributed by atoms with Gasteiger partial charge in [0.15, 0.2) is 0 Å². The molecule has 2 aliphatic rings. The number of nitrogens with zero attached hydrogens (tertiary/aromatic N) is 3. The number of fused-ring (bicyclic) bond motifs is 1. The molecule has 1 atom stereocenters. The Kier molecular flexibility index (Phi) is 4.45. The third kappa shape index (κ3) is 3.10. The predicted molar refractivity (Wildman–Crippen MR) is 103 cm³/mol. The number of likely N-dealkylation sites (N-methyl/N-ethyl adjacent to an activating group) is 1. The SMILES string of the molecule is Cc1cc(C)c2nc(C3CC3)cc(C(=O)N3CCN(C)CC3CO)c2c1. The number of aliphatic hydroxyl groups excluding tert-OH is 1. The van der Waals surface area contributed by atoms with Crippen molar-refractivity contribution < 1.29 is 9.90 Å². The summed E-state index contributed by atoms with van der Waals surface area (Å²) >= 11 is 0. The van der Waals surface area contributed by atoms with Crippen LogP contribution in [0.3, 0.4) is 0 Å². The number of aryl methyl sites for hydroxylation is 2. The van der Waals surface area contributed by atoms with Crippen LogP contribution in [-0.2, 0) is 0 Å². The van der Waals surface area contributed by atoms with Crippen LogP contribution in [0.5, 0.6) is 0 Å². The molecule has 2 fully saturated rings. The number of pyridine rings is 1. The molecule has 2 heterocycles. The molecule has 1 aromatic carbocycles. The number of hydrogen-bond donors (Lipinski definition) is 1. The minimum absolute atomic E-state index is 0.00731. The van der Waals surface area contributed by atoms with E-state index in [4.69, 9.17) is 4.98 Å². The topological polar surface area (TPSA) is 56.7 Å². The lowest BCUT2D eigenvalue weighted by Gasteiger charge is -2.39. The van der Waals surface area contributed by atoms with Crippen LogP contribution in [-0.4, -0.2) is 65.1 Å². The van der Waals surface area contributed by atoms with Gasteiger partial charge in [-0.25, -0.2) is 0 Å². The highest BCUT2D eigenvalue weighted by atomic mass is 16.3. The summed E-state index contributed by atoms with van der Waals surface area (Å²) in [6.45, 7) is 6.31. The third-order valence-electron chi connectivity index (χ3n) is 5.65. The van der Waals surface area contributed by atoms with Gasteiger partial charge in [0.1, 0.15) is 0 Å². The highest BCUT2D eigenvalue weighted by Crippen LogP contribution is 2.40. The van der Waals surface area contributed by atoms with Crippen molar-refractivity contribution in [2.75, 3.05) is 33.3 Å². The van der Waals surface area contributed by atoms with E-state index in [0.29, 0.717) is 19.0 Å². The summed E-state index contributed by atoms with van der Waals surface area (Å²) in [5.74, 6) is 0.518. The first kappa shape index (κ1) is 17.4. The van der Waals surface area contributed by atoms with E-state index in [1.165, 1.54) is 0 Å². The summed E-state index contributed by atoms with van der Waals surface area (Å²) in [5.41, 5.74) is 4.99. The second kappa shape index (κ2) is 6.63. The van der Waals surface area contributed by atoms with Crippen LogP contribution >= 0.6 is 0 Å². The number of carbonyl (C=O) groups is 1. The Morgan fingerprint density at radius 1 is 1.23 bits per heavy atom. The van der Waals surface area contributed by atoms with Crippen molar-refractivity contribution >= 4 is 16.8 Å². The van der Waals surface area contributed by atoms with Gasteiger partial charge in [0.05, 0.1) is 23.7 Å². The van der Waals surface area contributed by atoms with E-state index in [2.05, 4.69) is 30.9 Å². The van der Waals surface area contributed by atoms with Gasteiger partial charge in [-0.15, -0.1) is 0 Å². The molecule has 5 nitrogen and oxygen atoms in total. The maximum Gasteiger partial charge on any atom is 0.255 e. The van der Waals surface area contributed by atoms with Gasteiger partial charge in [0.25, 0.3) is 5.91 Å². The molecule has 1 aliphatic heterocycles. The standard InChI is InChI=1S/C21H27N3O2/c1-13-8-14(2)20-17(9-13)18(10-19(22-20)15-4-5-15)21(26)24-7-6-23(3)11-16(24)12-25/h8-10,15-16,25H,4-7,11-12H2,1-3H3. The van der Waals surface area contributed by atoms with E-state index in [1.807, 2.05) is 18.0 Å². The summed E-state index contributed by atoms with van der Waals surface area (Å²) in [7, 11) is 2.03. The zero-order valence-corrected chi connectivity index (χ0v) is 15.8. The molecule has 1 unspecified atom stereocenters. The first-order chi connectivity index (χ1) is 12.5. The van der Waals surface area contributed by atoms with Crippen LogP contribution in [0, 0.1) is 13.8 Å². The first-order valence-electron chi connectivity index (χ1n) is 9.50. The average Bonchev–Trinajstić information content (AvgIpc) is 3.45. The molecule has 2 aromatic rings. The molecule has 1 saturated carbocycles. The maximum atomic E-state index is 13.5. The second-order valence-corrected chi connectivity index (χ2v) is 7.94. The van der Waals surface area contributed by atoms with Crippen LogP contribution in [0.2, 0.25) is 0 Å². The molecule has 0 radical (unpaired) electrons. The summed E-state index contributed by atoms with van der Waals surface area (Å²) in [6, 6.07) is 6.06. The molecule has 1 aromatic heterocycles. The van der Waals surface area contributed by atoms with E-state index in [-0.39, 0.29) is 18.6 Å². The van der Waals surface area contributed by atoms with Crippen molar-refractivity contribution in [3.05, 3.63) is 40.6 Å². The van der Waals surface area contributed by atoms with Gasteiger partial charge in [0.2, 0.25) is 0 Å². The molecule has 138 valence electrons. The fourth-order valence-corrected chi connectivity index (χ4v) is 4.05. The van der Waals surface area contributed by atoms with E-state index < -0.39 is 0 Å². The molecule has 4 rings (SSSR count). The summed E-state index contributed by atoms with van der Waals surface area (Å²) in [4.78, 5) is 22.4. The number of piperazine rings is 1. The molecular weight excluding hydrogens is 326 g/mol. The van der Waals surface area contributed by atoms with Crippen LogP contribution in [0.15, 0.2) is 18.2 Å². The lowest BCUT2D eigenvalue weighted by molar-refractivity contribution is 0.0357. The number of rotatable bonds is 3. The van der Waals surface area contributed by atoms with Gasteiger partial charge in [-0.3, -0.25) is 9.78 Å². The molecule has 26 heavy (non-hydrogen) atoms. The fourth-order valence-electron chi connectivity index (χ4n) is 4.05. The highest BCUT2D eigenvalue weighted by Gasteiger charge is 2.32. The van der Waals surface area contributed by atoms with Crippen molar-refractivity contribution in [3.63, 3.8) is 0 Å². The van der Waals surface area contributed by atoms with E-state index in [1.54, 1.807) is 0 Å². The Morgan fingerprint density at radius 2 is 2.00 bits per heavy atom. The van der Waals surface area contributed by atoms with Crippen molar-refractivity contribution in [2.45, 2.75) is 38.6 Å². The third-order valence-corrected chi connectivity index (χ3v) is 5.65. The van der Waals surface area contributed by atoms with Gasteiger partial charge >= 0.3 is 0 Å². The summed E-state index contributed by atoms with van der Waals surface area (Å²) in [6.07, 6.45) is 2.32. The number of benzene rings is 1. The van der Waals surface area contributed by atoms with Gasteiger partial charge in [0, 0.05) is 36.6 Å². The van der Waals surface area contributed by atoms with Crippen LogP contribution < -0.4 is 0 Å². The summed E-state index contributed by atoms with van der Waals surface area (Å²) < 4.78 is 0. The predicted octanol–water partition coefficient (Wildman–Crippen LogP) is 2.48. The molecule has 0 bridgehead atoms. The second-order valence-electron chi connectivity index (χ2n) is 7.94. The Bertz CT molecular complexity index is 860. The van der Waals surface area contributed by atoms with Crippen molar-refractivity contribution in [3.8, 4) is 0 Å². The Balaban J connectivity index is 1.82. The average molecular weight is 353 g/mol. The van der Waals surface area contributed by atoms with Crippen LogP contribution in [0.25, 0.3) is 10.9 Å². The maximum absolute atomic E-state index is 13.5. The molecule has 1 aliphatic carbocycles. The molecule has 0 spiro atoms. The largest absolute Gasteiger partial charge is 0.394 e.